The number of para-hydroxylation sites is 2. The number of anilines is 2. The molecule has 2 heteroatoms. The van der Waals surface area contributed by atoms with E-state index in [2.05, 4.69) is 82.6 Å². The molecule has 100 valence electrons. The highest BCUT2D eigenvalue weighted by molar-refractivity contribution is 8.17. The first kappa shape index (κ1) is 12.9. The molecule has 20 heavy (non-hydrogen) atoms. The molecule has 0 bridgehead atoms. The molecule has 1 heterocycles. The van der Waals surface area contributed by atoms with Gasteiger partial charge < -0.3 is 4.90 Å². The summed E-state index contributed by atoms with van der Waals surface area (Å²) < 4.78 is 0. The van der Waals surface area contributed by atoms with Gasteiger partial charge in [0, 0.05) is 17.1 Å². The Hall–Kier alpha value is -2.06. The maximum Gasteiger partial charge on any atom is 0.0471 e. The molecule has 0 N–H and O–H groups in total. The number of rotatable bonds is 3. The Balaban J connectivity index is 2.08. The van der Waals surface area contributed by atoms with Crippen molar-refractivity contribution in [3.63, 3.8) is 0 Å². The Morgan fingerprint density at radius 1 is 0.800 bits per heavy atom. The van der Waals surface area contributed by atoms with Crippen LogP contribution in [0.25, 0.3) is 0 Å². The van der Waals surface area contributed by atoms with Crippen molar-refractivity contribution in [1.29, 1.82) is 0 Å². The van der Waals surface area contributed by atoms with Crippen LogP contribution >= 0.6 is 10.5 Å². The number of nitrogens with zero attached hydrogens (tertiary/aromatic N) is 1. The molecule has 1 nitrogen and oxygen atoms in total. The lowest BCUT2D eigenvalue weighted by atomic mass is 10.2. The molecule has 0 saturated heterocycles. The van der Waals surface area contributed by atoms with Gasteiger partial charge in [0.05, 0.1) is 0 Å². The lowest BCUT2D eigenvalue weighted by Gasteiger charge is -2.27. The number of allylic oxidation sites excluding steroid dienone is 2. The molecule has 0 aromatic heterocycles. The van der Waals surface area contributed by atoms with Crippen molar-refractivity contribution in [3.8, 4) is 0 Å². The Labute approximate surface area is 122 Å². The fourth-order valence-electron chi connectivity index (χ4n) is 2.21. The van der Waals surface area contributed by atoms with Crippen molar-refractivity contribution in [2.75, 3.05) is 11.2 Å². The van der Waals surface area contributed by atoms with E-state index in [1.54, 1.807) is 0 Å². The molecule has 1 aliphatic rings. The van der Waals surface area contributed by atoms with Crippen LogP contribution in [0, 0.1) is 0 Å². The summed E-state index contributed by atoms with van der Waals surface area (Å²) in [5.41, 5.74) is 3.56. The standard InChI is InChI=1S/C18H17NS/c1-20-14-12-18(13-15-20)19(16-8-4-2-5-9-16)17-10-6-3-7-11-17/h2-15H,1H3. The van der Waals surface area contributed by atoms with Gasteiger partial charge in [0.2, 0.25) is 0 Å². The molecule has 1 atom stereocenters. The first-order valence-corrected chi connectivity index (χ1v) is 8.38. The van der Waals surface area contributed by atoms with Crippen LogP contribution in [-0.2, 0) is 0 Å². The van der Waals surface area contributed by atoms with Crippen LogP contribution in [0.4, 0.5) is 11.4 Å². The molecule has 0 radical (unpaired) electrons. The van der Waals surface area contributed by atoms with Gasteiger partial charge in [-0.2, -0.15) is 10.5 Å². The van der Waals surface area contributed by atoms with E-state index in [4.69, 9.17) is 0 Å². The van der Waals surface area contributed by atoms with Crippen molar-refractivity contribution >= 4 is 27.2 Å². The van der Waals surface area contributed by atoms with Crippen LogP contribution in [0.3, 0.4) is 0 Å². The highest BCUT2D eigenvalue weighted by Gasteiger charge is 2.12. The van der Waals surface area contributed by atoms with E-state index < -0.39 is 0 Å². The first-order valence-electron chi connectivity index (χ1n) is 6.62. The number of hydrogen-bond donors (Lipinski definition) is 0. The zero-order valence-corrected chi connectivity index (χ0v) is 12.3. The maximum absolute atomic E-state index is 2.28. The minimum absolute atomic E-state index is 0.251. The minimum atomic E-state index is 0.251. The summed E-state index contributed by atoms with van der Waals surface area (Å²) in [5, 5.41) is 4.52. The molecule has 0 aliphatic carbocycles. The van der Waals surface area contributed by atoms with Gasteiger partial charge in [-0.1, -0.05) is 36.4 Å². The van der Waals surface area contributed by atoms with Gasteiger partial charge in [0.1, 0.15) is 0 Å². The molecule has 0 spiro atoms. The highest BCUT2D eigenvalue weighted by atomic mass is 32.2. The average molecular weight is 279 g/mol. The third-order valence-corrected chi connectivity index (χ3v) is 4.32. The molecule has 2 aromatic rings. The second-order valence-electron chi connectivity index (χ2n) is 4.64. The zero-order valence-electron chi connectivity index (χ0n) is 11.4. The van der Waals surface area contributed by atoms with Gasteiger partial charge in [0.15, 0.2) is 0 Å². The summed E-state index contributed by atoms with van der Waals surface area (Å²) in [6.45, 7) is 0. The summed E-state index contributed by atoms with van der Waals surface area (Å²) in [7, 11) is 0.251. The van der Waals surface area contributed by atoms with Gasteiger partial charge >= 0.3 is 0 Å². The summed E-state index contributed by atoms with van der Waals surface area (Å²) in [6, 6.07) is 21.0. The minimum Gasteiger partial charge on any atom is -0.310 e. The van der Waals surface area contributed by atoms with E-state index in [1.165, 1.54) is 17.1 Å². The van der Waals surface area contributed by atoms with Crippen molar-refractivity contribution in [2.24, 2.45) is 0 Å². The van der Waals surface area contributed by atoms with Crippen molar-refractivity contribution in [1.82, 2.24) is 0 Å². The molecule has 0 fully saturated rings. The highest BCUT2D eigenvalue weighted by Crippen LogP contribution is 2.31. The van der Waals surface area contributed by atoms with Gasteiger partial charge in [-0.25, -0.2) is 0 Å². The topological polar surface area (TPSA) is 3.24 Å². The third-order valence-electron chi connectivity index (χ3n) is 3.19. The molecule has 0 amide bonds. The second kappa shape index (κ2) is 5.93. The Morgan fingerprint density at radius 3 is 1.80 bits per heavy atom. The van der Waals surface area contributed by atoms with Gasteiger partial charge in [-0.05, 0) is 53.4 Å². The van der Waals surface area contributed by atoms with Crippen molar-refractivity contribution in [2.45, 2.75) is 0 Å². The van der Waals surface area contributed by atoms with E-state index in [-0.39, 0.29) is 10.5 Å². The normalized spacial score (nSPS) is 17.2. The molecular formula is C18H17NS. The predicted molar refractivity (Wildman–Crippen MR) is 91.8 cm³/mol. The molecule has 1 aliphatic heterocycles. The Morgan fingerprint density at radius 2 is 1.35 bits per heavy atom. The van der Waals surface area contributed by atoms with Gasteiger partial charge in [0.25, 0.3) is 0 Å². The van der Waals surface area contributed by atoms with Gasteiger partial charge in [-0.3, -0.25) is 0 Å². The Bertz CT molecular complexity index is 630. The van der Waals surface area contributed by atoms with E-state index in [1.807, 2.05) is 12.1 Å². The van der Waals surface area contributed by atoms with E-state index in [0.717, 1.165) is 0 Å². The second-order valence-corrected chi connectivity index (χ2v) is 6.40. The smallest absolute Gasteiger partial charge is 0.0471 e. The van der Waals surface area contributed by atoms with Crippen molar-refractivity contribution in [3.05, 3.63) is 83.9 Å². The van der Waals surface area contributed by atoms with Crippen LogP contribution in [0.5, 0.6) is 0 Å². The van der Waals surface area contributed by atoms with Crippen LogP contribution in [-0.4, -0.2) is 11.6 Å². The SMILES string of the molecule is CS1=CC=C(N(c2ccccc2)c2ccccc2)C=C1. The zero-order chi connectivity index (χ0) is 13.8. The maximum atomic E-state index is 2.28. The summed E-state index contributed by atoms with van der Waals surface area (Å²) in [4.78, 5) is 2.28. The van der Waals surface area contributed by atoms with Crippen molar-refractivity contribution < 1.29 is 0 Å². The van der Waals surface area contributed by atoms with Gasteiger partial charge in [-0.15, -0.1) is 0 Å². The lowest BCUT2D eigenvalue weighted by molar-refractivity contribution is 1.21. The molecule has 3 rings (SSSR count). The van der Waals surface area contributed by atoms with E-state index in [0.29, 0.717) is 0 Å². The predicted octanol–water partition coefficient (Wildman–Crippen LogP) is 4.94. The summed E-state index contributed by atoms with van der Waals surface area (Å²) in [5.74, 6) is 0. The monoisotopic (exact) mass is 279 g/mol. The quantitative estimate of drug-likeness (QED) is 0.720. The number of benzene rings is 2. The molecular weight excluding hydrogens is 262 g/mol. The first-order chi connectivity index (χ1) is 9.84. The number of hydrogen-bond acceptors (Lipinski definition) is 1. The van der Waals surface area contributed by atoms with E-state index >= 15 is 0 Å². The average Bonchev–Trinajstić information content (AvgIpc) is 2.52. The van der Waals surface area contributed by atoms with Crippen LogP contribution in [0.15, 0.2) is 83.9 Å². The molecule has 1 unspecified atom stereocenters. The summed E-state index contributed by atoms with van der Waals surface area (Å²) >= 11 is 0. The van der Waals surface area contributed by atoms with E-state index in [9.17, 15) is 0 Å². The fourth-order valence-corrected chi connectivity index (χ4v) is 3.00. The fraction of sp³-hybridized carbons (Fsp3) is 0.0556. The molecule has 0 saturated carbocycles. The summed E-state index contributed by atoms with van der Waals surface area (Å²) in [6.07, 6.45) is 6.64. The lowest BCUT2D eigenvalue weighted by Crippen LogP contribution is -2.15. The van der Waals surface area contributed by atoms with Crippen LogP contribution in [0.2, 0.25) is 0 Å². The third kappa shape index (κ3) is 2.75. The Kier molecular flexibility index (Phi) is 3.84. The molecule has 2 aromatic carbocycles. The largest absolute Gasteiger partial charge is 0.310 e. The van der Waals surface area contributed by atoms with Crippen LogP contribution in [0.1, 0.15) is 0 Å². The van der Waals surface area contributed by atoms with Crippen LogP contribution < -0.4 is 4.90 Å².